The predicted octanol–water partition coefficient (Wildman–Crippen LogP) is 5.25. The molecule has 0 aliphatic heterocycles. The fraction of sp³-hybridized carbons (Fsp3) is 0.765. The summed E-state index contributed by atoms with van der Waals surface area (Å²) in [6, 6.07) is 5.07. The van der Waals surface area contributed by atoms with Gasteiger partial charge >= 0.3 is 0 Å². The van der Waals surface area contributed by atoms with Gasteiger partial charge in [-0.15, -0.1) is 11.3 Å². The lowest BCUT2D eigenvalue weighted by atomic mass is 9.68. The molecule has 0 saturated heterocycles. The molecule has 0 radical (unpaired) electrons. The first-order valence-corrected chi connectivity index (χ1v) is 8.67. The SMILES string of the molecule is CCNC(c1cccs1)C1CCC(C(C)(C)C)CC1. The molecule has 1 aliphatic carbocycles. The van der Waals surface area contributed by atoms with E-state index in [2.05, 4.69) is 50.5 Å². The molecule has 19 heavy (non-hydrogen) atoms. The lowest BCUT2D eigenvalue weighted by molar-refractivity contribution is 0.133. The highest BCUT2D eigenvalue weighted by Crippen LogP contribution is 2.43. The monoisotopic (exact) mass is 279 g/mol. The number of nitrogens with one attached hydrogen (secondary N) is 1. The minimum atomic E-state index is 0.488. The van der Waals surface area contributed by atoms with Crippen LogP contribution < -0.4 is 5.32 Å². The van der Waals surface area contributed by atoms with Crippen molar-refractivity contribution in [3.63, 3.8) is 0 Å². The summed E-state index contributed by atoms with van der Waals surface area (Å²) >= 11 is 1.91. The molecule has 1 nitrogen and oxygen atoms in total. The molecule has 1 unspecified atom stereocenters. The highest BCUT2D eigenvalue weighted by Gasteiger charge is 2.33. The van der Waals surface area contributed by atoms with Crippen LogP contribution in [0.25, 0.3) is 0 Å². The maximum Gasteiger partial charge on any atom is 0.0443 e. The third kappa shape index (κ3) is 3.82. The second-order valence-corrected chi connectivity index (χ2v) is 8.01. The molecule has 1 heterocycles. The normalized spacial score (nSPS) is 26.3. The van der Waals surface area contributed by atoms with E-state index in [-0.39, 0.29) is 0 Å². The Labute approximate surface area is 122 Å². The summed E-state index contributed by atoms with van der Waals surface area (Å²) < 4.78 is 0. The lowest BCUT2D eigenvalue weighted by Gasteiger charge is -2.39. The lowest BCUT2D eigenvalue weighted by Crippen LogP contribution is -2.33. The van der Waals surface area contributed by atoms with Crippen molar-refractivity contribution in [1.82, 2.24) is 5.32 Å². The molecular formula is C17H29NS. The van der Waals surface area contributed by atoms with Crippen molar-refractivity contribution >= 4 is 11.3 Å². The van der Waals surface area contributed by atoms with Crippen LogP contribution in [0.2, 0.25) is 0 Å². The summed E-state index contributed by atoms with van der Waals surface area (Å²) in [4.78, 5) is 1.53. The van der Waals surface area contributed by atoms with Gasteiger partial charge in [0.15, 0.2) is 0 Å². The molecule has 0 aromatic carbocycles. The van der Waals surface area contributed by atoms with Crippen LogP contribution >= 0.6 is 11.3 Å². The maximum absolute atomic E-state index is 3.72. The van der Waals surface area contributed by atoms with Gasteiger partial charge in [-0.05, 0) is 60.9 Å². The number of rotatable bonds is 4. The molecule has 0 bridgehead atoms. The molecule has 1 saturated carbocycles. The smallest absolute Gasteiger partial charge is 0.0443 e. The van der Waals surface area contributed by atoms with Crippen LogP contribution in [-0.4, -0.2) is 6.54 Å². The van der Waals surface area contributed by atoms with Gasteiger partial charge in [0.1, 0.15) is 0 Å². The van der Waals surface area contributed by atoms with E-state index >= 15 is 0 Å². The van der Waals surface area contributed by atoms with Crippen molar-refractivity contribution in [1.29, 1.82) is 0 Å². The minimum absolute atomic E-state index is 0.488. The minimum Gasteiger partial charge on any atom is -0.309 e. The van der Waals surface area contributed by atoms with Crippen LogP contribution in [0, 0.1) is 17.3 Å². The zero-order chi connectivity index (χ0) is 13.9. The molecule has 1 fully saturated rings. The van der Waals surface area contributed by atoms with Crippen LogP contribution in [0.3, 0.4) is 0 Å². The topological polar surface area (TPSA) is 12.0 Å². The maximum atomic E-state index is 3.72. The van der Waals surface area contributed by atoms with E-state index in [0.29, 0.717) is 11.5 Å². The van der Waals surface area contributed by atoms with Crippen molar-refractivity contribution in [2.75, 3.05) is 6.54 Å². The van der Waals surface area contributed by atoms with Crippen LogP contribution in [0.1, 0.15) is 64.3 Å². The Bertz CT molecular complexity index is 355. The standard InChI is InChI=1S/C17H29NS/c1-5-18-16(15-7-6-12-19-15)13-8-10-14(11-9-13)17(2,3)4/h6-7,12-14,16,18H,5,8-11H2,1-4H3. The molecular weight excluding hydrogens is 250 g/mol. The van der Waals surface area contributed by atoms with Crippen molar-refractivity contribution in [3.05, 3.63) is 22.4 Å². The van der Waals surface area contributed by atoms with Gasteiger partial charge in [-0.2, -0.15) is 0 Å². The fourth-order valence-corrected chi connectivity index (χ4v) is 4.40. The first-order chi connectivity index (χ1) is 9.02. The highest BCUT2D eigenvalue weighted by molar-refractivity contribution is 7.10. The first kappa shape index (κ1) is 15.1. The molecule has 1 N–H and O–H groups in total. The number of hydrogen-bond donors (Lipinski definition) is 1. The largest absolute Gasteiger partial charge is 0.309 e. The Morgan fingerprint density at radius 3 is 2.42 bits per heavy atom. The Morgan fingerprint density at radius 2 is 1.95 bits per heavy atom. The molecule has 0 spiro atoms. The van der Waals surface area contributed by atoms with E-state index in [1.165, 1.54) is 30.6 Å². The van der Waals surface area contributed by atoms with Crippen LogP contribution in [0.5, 0.6) is 0 Å². The van der Waals surface area contributed by atoms with Gasteiger partial charge in [-0.25, -0.2) is 0 Å². The van der Waals surface area contributed by atoms with Crippen molar-refractivity contribution in [2.45, 2.75) is 59.4 Å². The number of hydrogen-bond acceptors (Lipinski definition) is 2. The third-order valence-electron chi connectivity index (χ3n) is 4.74. The van der Waals surface area contributed by atoms with E-state index in [9.17, 15) is 0 Å². The Balaban J connectivity index is 1.98. The second-order valence-electron chi connectivity index (χ2n) is 7.03. The number of thiophene rings is 1. The zero-order valence-corrected chi connectivity index (χ0v) is 13.7. The molecule has 108 valence electrons. The van der Waals surface area contributed by atoms with Crippen molar-refractivity contribution in [3.8, 4) is 0 Å². The Morgan fingerprint density at radius 1 is 1.26 bits per heavy atom. The first-order valence-electron chi connectivity index (χ1n) is 7.79. The molecule has 1 aliphatic rings. The summed E-state index contributed by atoms with van der Waals surface area (Å²) in [5, 5.41) is 5.93. The van der Waals surface area contributed by atoms with Crippen LogP contribution in [0.15, 0.2) is 17.5 Å². The summed E-state index contributed by atoms with van der Waals surface area (Å²) in [6.07, 6.45) is 5.58. The summed E-state index contributed by atoms with van der Waals surface area (Å²) in [6.45, 7) is 10.5. The van der Waals surface area contributed by atoms with E-state index < -0.39 is 0 Å². The average Bonchev–Trinajstić information content (AvgIpc) is 2.89. The molecule has 1 aromatic heterocycles. The highest BCUT2D eigenvalue weighted by atomic mass is 32.1. The molecule has 2 heteroatoms. The predicted molar refractivity (Wildman–Crippen MR) is 85.6 cm³/mol. The van der Waals surface area contributed by atoms with Crippen molar-refractivity contribution < 1.29 is 0 Å². The zero-order valence-electron chi connectivity index (χ0n) is 12.9. The van der Waals surface area contributed by atoms with E-state index in [1.54, 1.807) is 0 Å². The van der Waals surface area contributed by atoms with Crippen LogP contribution in [0.4, 0.5) is 0 Å². The van der Waals surface area contributed by atoms with Gasteiger partial charge in [-0.1, -0.05) is 33.8 Å². The molecule has 2 rings (SSSR count). The van der Waals surface area contributed by atoms with Gasteiger partial charge in [0, 0.05) is 10.9 Å². The quantitative estimate of drug-likeness (QED) is 0.793. The van der Waals surface area contributed by atoms with Gasteiger partial charge < -0.3 is 5.32 Å². The van der Waals surface area contributed by atoms with Gasteiger partial charge in [0.05, 0.1) is 0 Å². The molecule has 1 aromatic rings. The Kier molecular flexibility index (Phi) is 5.08. The Hall–Kier alpha value is -0.340. The molecule has 0 amide bonds. The summed E-state index contributed by atoms with van der Waals surface area (Å²) in [7, 11) is 0. The average molecular weight is 279 g/mol. The summed E-state index contributed by atoms with van der Waals surface area (Å²) in [5.41, 5.74) is 0.488. The second kappa shape index (κ2) is 6.41. The van der Waals surface area contributed by atoms with E-state index in [1.807, 2.05) is 11.3 Å². The molecule has 1 atom stereocenters. The van der Waals surface area contributed by atoms with E-state index in [0.717, 1.165) is 18.4 Å². The third-order valence-corrected chi connectivity index (χ3v) is 5.70. The van der Waals surface area contributed by atoms with E-state index in [4.69, 9.17) is 0 Å². The summed E-state index contributed by atoms with van der Waals surface area (Å²) in [5.74, 6) is 1.74. The fourth-order valence-electron chi connectivity index (χ4n) is 3.51. The van der Waals surface area contributed by atoms with Gasteiger partial charge in [-0.3, -0.25) is 0 Å². The van der Waals surface area contributed by atoms with Crippen LogP contribution in [-0.2, 0) is 0 Å². The van der Waals surface area contributed by atoms with Gasteiger partial charge in [0.25, 0.3) is 0 Å². The van der Waals surface area contributed by atoms with Crippen molar-refractivity contribution in [2.24, 2.45) is 17.3 Å². The van der Waals surface area contributed by atoms with Gasteiger partial charge in [0.2, 0.25) is 0 Å².